The summed E-state index contributed by atoms with van der Waals surface area (Å²) in [5.74, 6) is 0.447. The van der Waals surface area contributed by atoms with Crippen molar-refractivity contribution in [2.24, 2.45) is 0 Å². The minimum atomic E-state index is -0.443. The molecule has 3 aromatic rings. The van der Waals surface area contributed by atoms with Gasteiger partial charge in [-0.25, -0.2) is 4.57 Å². The molecule has 28 heavy (non-hydrogen) atoms. The molecule has 1 aliphatic rings. The number of fused-ring (bicyclic) bond motifs is 1. The Morgan fingerprint density at radius 2 is 1.86 bits per heavy atom. The smallest absolute Gasteiger partial charge is 0.265 e. The van der Waals surface area contributed by atoms with Gasteiger partial charge in [-0.1, -0.05) is 13.8 Å². The van der Waals surface area contributed by atoms with Crippen LogP contribution in [0.25, 0.3) is 11.4 Å². The number of carbonyl (C=O) groups is 1. The topological polar surface area (TPSA) is 107 Å². The molecule has 0 atom stereocenters. The molecule has 2 aromatic carbocycles. The van der Waals surface area contributed by atoms with E-state index in [0.717, 1.165) is 0 Å². The number of ether oxygens (including phenoxy) is 2. The lowest BCUT2D eigenvalue weighted by Gasteiger charge is -2.13. The number of phenolic OH excluding ortho intramolecular Hbond substituents is 2. The highest BCUT2D eigenvalue weighted by atomic mass is 32.1. The summed E-state index contributed by atoms with van der Waals surface area (Å²) in [6.45, 7) is 3.91. The van der Waals surface area contributed by atoms with Gasteiger partial charge in [0.05, 0.1) is 5.56 Å². The number of thiol groups is 1. The van der Waals surface area contributed by atoms with Gasteiger partial charge in [0.1, 0.15) is 11.5 Å². The van der Waals surface area contributed by atoms with Crippen LogP contribution in [0.4, 0.5) is 0 Å². The number of nitrogens with zero attached hydrogens (tertiary/aromatic N) is 3. The second-order valence-electron chi connectivity index (χ2n) is 6.62. The molecule has 2 heterocycles. The maximum Gasteiger partial charge on any atom is 0.265 e. The number of rotatable bonds is 3. The predicted octanol–water partition coefficient (Wildman–Crippen LogP) is 3.19. The average molecular weight is 399 g/mol. The van der Waals surface area contributed by atoms with Gasteiger partial charge in [0.15, 0.2) is 22.5 Å². The van der Waals surface area contributed by atoms with Crippen LogP contribution < -0.4 is 9.47 Å². The van der Waals surface area contributed by atoms with E-state index in [2.05, 4.69) is 22.8 Å². The van der Waals surface area contributed by atoms with Crippen molar-refractivity contribution >= 4 is 18.5 Å². The molecule has 1 aromatic heterocycles. The van der Waals surface area contributed by atoms with Crippen LogP contribution in [0.1, 0.15) is 35.7 Å². The van der Waals surface area contributed by atoms with E-state index >= 15 is 0 Å². The lowest BCUT2D eigenvalue weighted by atomic mass is 9.98. The zero-order chi connectivity index (χ0) is 20.0. The third-order valence-electron chi connectivity index (χ3n) is 4.48. The van der Waals surface area contributed by atoms with E-state index in [1.165, 1.54) is 10.6 Å². The largest absolute Gasteiger partial charge is 0.508 e. The van der Waals surface area contributed by atoms with Crippen LogP contribution in [0.15, 0.2) is 35.5 Å². The third kappa shape index (κ3) is 2.93. The number of aromatic hydroxyl groups is 2. The first-order valence-electron chi connectivity index (χ1n) is 8.51. The summed E-state index contributed by atoms with van der Waals surface area (Å²) in [5.41, 5.74) is 1.20. The maximum absolute atomic E-state index is 13.1. The van der Waals surface area contributed by atoms with Crippen LogP contribution in [0, 0.1) is 0 Å². The van der Waals surface area contributed by atoms with Gasteiger partial charge in [-0.2, -0.15) is 0 Å². The Morgan fingerprint density at radius 1 is 1.11 bits per heavy atom. The van der Waals surface area contributed by atoms with Crippen LogP contribution in [-0.4, -0.2) is 37.7 Å². The molecule has 0 radical (unpaired) electrons. The van der Waals surface area contributed by atoms with Crippen LogP contribution >= 0.6 is 12.6 Å². The Morgan fingerprint density at radius 3 is 2.61 bits per heavy atom. The minimum Gasteiger partial charge on any atom is -0.508 e. The normalized spacial score (nSPS) is 12.6. The molecule has 8 nitrogen and oxygen atoms in total. The second kappa shape index (κ2) is 6.75. The predicted molar refractivity (Wildman–Crippen MR) is 102 cm³/mol. The van der Waals surface area contributed by atoms with E-state index in [0.29, 0.717) is 22.6 Å². The van der Waals surface area contributed by atoms with Crippen molar-refractivity contribution in [3.05, 3.63) is 41.5 Å². The summed E-state index contributed by atoms with van der Waals surface area (Å²) in [6, 6.07) is 7.64. The summed E-state index contributed by atoms with van der Waals surface area (Å²) < 4.78 is 11.8. The zero-order valence-electron chi connectivity index (χ0n) is 15.1. The molecule has 4 rings (SSSR count). The molecule has 0 saturated carbocycles. The quantitative estimate of drug-likeness (QED) is 0.581. The lowest BCUT2D eigenvalue weighted by Crippen LogP contribution is -2.14. The summed E-state index contributed by atoms with van der Waals surface area (Å²) in [7, 11) is 0. The van der Waals surface area contributed by atoms with Gasteiger partial charge < -0.3 is 19.7 Å². The standard InChI is InChI=1S/C19H17N3O5S/c1-9(2)11-6-12(14(24)7-13(11)23)17-20-21-19(28)22(17)18(25)10-3-4-15-16(5-10)27-8-26-15/h3-7,9,23-24H,8H2,1-2H3,(H,21,28). The van der Waals surface area contributed by atoms with Crippen molar-refractivity contribution in [2.45, 2.75) is 24.9 Å². The van der Waals surface area contributed by atoms with Crippen LogP contribution in [-0.2, 0) is 0 Å². The summed E-state index contributed by atoms with van der Waals surface area (Å²) in [6.07, 6.45) is 0. The second-order valence-corrected chi connectivity index (χ2v) is 7.02. The van der Waals surface area contributed by atoms with Crippen LogP contribution in [0.2, 0.25) is 0 Å². The van der Waals surface area contributed by atoms with Gasteiger partial charge in [0.25, 0.3) is 5.91 Å². The van der Waals surface area contributed by atoms with Gasteiger partial charge in [-0.05, 0) is 35.7 Å². The molecule has 2 N–H and O–H groups in total. The highest BCUT2D eigenvalue weighted by molar-refractivity contribution is 7.80. The Hall–Kier alpha value is -3.20. The first-order valence-corrected chi connectivity index (χ1v) is 8.96. The van der Waals surface area contributed by atoms with Crippen molar-refractivity contribution in [3.63, 3.8) is 0 Å². The first kappa shape index (κ1) is 18.2. The van der Waals surface area contributed by atoms with Crippen molar-refractivity contribution in [1.29, 1.82) is 0 Å². The molecule has 144 valence electrons. The van der Waals surface area contributed by atoms with Crippen LogP contribution in [0.3, 0.4) is 0 Å². The van der Waals surface area contributed by atoms with E-state index in [4.69, 9.17) is 9.47 Å². The number of hydrogen-bond acceptors (Lipinski definition) is 8. The molecule has 1 aliphatic heterocycles. The molecule has 9 heteroatoms. The van der Waals surface area contributed by atoms with Crippen molar-refractivity contribution in [2.75, 3.05) is 6.79 Å². The molecule has 0 spiro atoms. The minimum absolute atomic E-state index is 0.00393. The average Bonchev–Trinajstić information content (AvgIpc) is 3.26. The van der Waals surface area contributed by atoms with E-state index < -0.39 is 5.91 Å². The Kier molecular flexibility index (Phi) is 4.38. The Labute approximate surface area is 165 Å². The summed E-state index contributed by atoms with van der Waals surface area (Å²) >= 11 is 4.24. The maximum atomic E-state index is 13.1. The van der Waals surface area contributed by atoms with Gasteiger partial charge in [-0.3, -0.25) is 4.79 Å². The fourth-order valence-corrected chi connectivity index (χ4v) is 3.26. The number of aromatic nitrogens is 3. The molecule has 0 amide bonds. The molecular weight excluding hydrogens is 382 g/mol. The highest BCUT2D eigenvalue weighted by Gasteiger charge is 2.25. The first-order chi connectivity index (χ1) is 13.4. The van der Waals surface area contributed by atoms with Gasteiger partial charge >= 0.3 is 0 Å². The van der Waals surface area contributed by atoms with Crippen molar-refractivity contribution in [1.82, 2.24) is 14.8 Å². The summed E-state index contributed by atoms with van der Waals surface area (Å²) in [4.78, 5) is 13.1. The van der Waals surface area contributed by atoms with E-state index in [9.17, 15) is 15.0 Å². The Balaban J connectivity index is 1.83. The van der Waals surface area contributed by atoms with E-state index in [-0.39, 0.29) is 40.8 Å². The Bertz CT molecular complexity index is 1090. The van der Waals surface area contributed by atoms with Gasteiger partial charge in [-0.15, -0.1) is 22.8 Å². The molecule has 0 saturated heterocycles. The molecular formula is C19H17N3O5S. The fourth-order valence-electron chi connectivity index (χ4n) is 3.03. The van der Waals surface area contributed by atoms with Crippen molar-refractivity contribution < 1.29 is 24.5 Å². The van der Waals surface area contributed by atoms with Gasteiger partial charge in [0, 0.05) is 11.6 Å². The highest BCUT2D eigenvalue weighted by Crippen LogP contribution is 2.38. The third-order valence-corrected chi connectivity index (χ3v) is 4.77. The molecule has 0 aliphatic carbocycles. The number of hydrogen-bond donors (Lipinski definition) is 3. The number of carbonyl (C=O) groups excluding carboxylic acids is 1. The van der Waals surface area contributed by atoms with Crippen molar-refractivity contribution in [3.8, 4) is 34.4 Å². The SMILES string of the molecule is CC(C)c1cc(-c2nnc(S)n2C(=O)c2ccc3c(c2)OCO3)c(O)cc1O. The van der Waals surface area contributed by atoms with E-state index in [1.807, 2.05) is 13.8 Å². The van der Waals surface area contributed by atoms with Crippen LogP contribution in [0.5, 0.6) is 23.0 Å². The molecule has 0 fully saturated rings. The van der Waals surface area contributed by atoms with Gasteiger partial charge in [0.2, 0.25) is 6.79 Å². The fraction of sp³-hybridized carbons (Fsp3) is 0.211. The summed E-state index contributed by atoms with van der Waals surface area (Å²) in [5, 5.41) is 28.4. The molecule has 0 unspecified atom stereocenters. The van der Waals surface area contributed by atoms with E-state index in [1.54, 1.807) is 24.3 Å². The molecule has 0 bridgehead atoms. The lowest BCUT2D eigenvalue weighted by molar-refractivity contribution is 0.0951. The monoisotopic (exact) mass is 399 g/mol. The number of benzene rings is 2. The number of phenols is 2. The zero-order valence-corrected chi connectivity index (χ0v) is 16.0.